The molecule has 1 heterocycles. The maximum Gasteiger partial charge on any atom is 0.175 e. The van der Waals surface area contributed by atoms with Crippen molar-refractivity contribution in [1.82, 2.24) is 9.78 Å². The topological polar surface area (TPSA) is 41.9 Å². The number of aromatic nitrogens is 2. The third-order valence-corrected chi connectivity index (χ3v) is 4.21. The fourth-order valence-electron chi connectivity index (χ4n) is 2.49. The van der Waals surface area contributed by atoms with Gasteiger partial charge in [-0.2, -0.15) is 5.10 Å². The van der Waals surface area contributed by atoms with E-state index in [9.17, 15) is 0 Å². The standard InChI is InChI=1S/C19H19ClN4S/c1-13-6-7-14(2)18(8-13)23-19(25)22-17-10-21-24(12-17)11-15-4-3-5-16(20)9-15/h3-10,12H,11H2,1-2H3,(H2,22,23,25). The quantitative estimate of drug-likeness (QED) is 0.633. The maximum atomic E-state index is 6.02. The smallest absolute Gasteiger partial charge is 0.175 e. The Morgan fingerprint density at radius 3 is 2.80 bits per heavy atom. The van der Waals surface area contributed by atoms with Gasteiger partial charge in [0.25, 0.3) is 0 Å². The van der Waals surface area contributed by atoms with Gasteiger partial charge in [-0.1, -0.05) is 35.9 Å². The molecule has 0 saturated heterocycles. The van der Waals surface area contributed by atoms with Crippen LogP contribution in [-0.4, -0.2) is 14.9 Å². The molecule has 0 spiro atoms. The maximum absolute atomic E-state index is 6.02. The molecule has 0 radical (unpaired) electrons. The molecule has 2 aromatic carbocycles. The first-order chi connectivity index (χ1) is 12.0. The molecule has 6 heteroatoms. The van der Waals surface area contributed by atoms with Crippen LogP contribution in [0.1, 0.15) is 16.7 Å². The van der Waals surface area contributed by atoms with Crippen LogP contribution in [0.15, 0.2) is 54.9 Å². The molecule has 0 amide bonds. The molecule has 0 unspecified atom stereocenters. The first-order valence-electron chi connectivity index (χ1n) is 7.92. The largest absolute Gasteiger partial charge is 0.332 e. The van der Waals surface area contributed by atoms with E-state index in [1.807, 2.05) is 42.1 Å². The minimum atomic E-state index is 0.538. The van der Waals surface area contributed by atoms with Crippen molar-refractivity contribution in [2.75, 3.05) is 10.6 Å². The van der Waals surface area contributed by atoms with E-state index in [0.717, 1.165) is 27.5 Å². The number of halogens is 1. The molecule has 0 aliphatic rings. The van der Waals surface area contributed by atoms with Crippen LogP contribution in [0.3, 0.4) is 0 Å². The molecule has 0 bridgehead atoms. The van der Waals surface area contributed by atoms with Crippen molar-refractivity contribution >= 4 is 40.3 Å². The number of nitrogens with zero attached hydrogens (tertiary/aromatic N) is 2. The molecule has 128 valence electrons. The SMILES string of the molecule is Cc1ccc(C)c(NC(=S)Nc2cnn(Cc3cccc(Cl)c3)c2)c1. The van der Waals surface area contributed by atoms with Gasteiger partial charge in [-0.15, -0.1) is 0 Å². The minimum absolute atomic E-state index is 0.538. The molecular formula is C19H19ClN4S. The Balaban J connectivity index is 1.62. The molecule has 0 atom stereocenters. The molecule has 4 nitrogen and oxygen atoms in total. The first kappa shape index (κ1) is 17.5. The summed E-state index contributed by atoms with van der Waals surface area (Å²) in [5.74, 6) is 0. The van der Waals surface area contributed by atoms with Crippen LogP contribution < -0.4 is 10.6 Å². The Morgan fingerprint density at radius 1 is 1.16 bits per heavy atom. The normalized spacial score (nSPS) is 10.5. The summed E-state index contributed by atoms with van der Waals surface area (Å²) in [7, 11) is 0. The van der Waals surface area contributed by atoms with E-state index in [1.54, 1.807) is 6.20 Å². The van der Waals surface area contributed by atoms with Crippen LogP contribution in [0.4, 0.5) is 11.4 Å². The van der Waals surface area contributed by atoms with Gasteiger partial charge >= 0.3 is 0 Å². The summed E-state index contributed by atoms with van der Waals surface area (Å²) in [6.45, 7) is 4.76. The average molecular weight is 371 g/mol. The summed E-state index contributed by atoms with van der Waals surface area (Å²) in [5.41, 5.74) is 5.27. The van der Waals surface area contributed by atoms with E-state index in [0.29, 0.717) is 11.7 Å². The molecular weight excluding hydrogens is 352 g/mol. The van der Waals surface area contributed by atoms with Gasteiger partial charge in [0, 0.05) is 16.9 Å². The summed E-state index contributed by atoms with van der Waals surface area (Å²) in [6, 6.07) is 14.0. The van der Waals surface area contributed by atoms with Crippen molar-refractivity contribution in [2.45, 2.75) is 20.4 Å². The van der Waals surface area contributed by atoms with Crippen molar-refractivity contribution in [3.05, 3.63) is 76.6 Å². The van der Waals surface area contributed by atoms with Gasteiger partial charge in [-0.3, -0.25) is 4.68 Å². The number of hydrogen-bond donors (Lipinski definition) is 2. The molecule has 2 N–H and O–H groups in total. The highest BCUT2D eigenvalue weighted by atomic mass is 35.5. The number of rotatable bonds is 4. The second-order valence-electron chi connectivity index (χ2n) is 5.95. The number of hydrogen-bond acceptors (Lipinski definition) is 2. The third-order valence-electron chi connectivity index (χ3n) is 3.77. The Kier molecular flexibility index (Phi) is 5.36. The second-order valence-corrected chi connectivity index (χ2v) is 6.80. The van der Waals surface area contributed by atoms with Gasteiger partial charge in [-0.05, 0) is 61.0 Å². The lowest BCUT2D eigenvalue weighted by Crippen LogP contribution is -2.19. The van der Waals surface area contributed by atoms with Crippen LogP contribution in [0, 0.1) is 13.8 Å². The van der Waals surface area contributed by atoms with Gasteiger partial charge in [0.15, 0.2) is 5.11 Å². The average Bonchev–Trinajstić information content (AvgIpc) is 2.97. The van der Waals surface area contributed by atoms with E-state index >= 15 is 0 Å². The van der Waals surface area contributed by atoms with Crippen molar-refractivity contribution in [2.24, 2.45) is 0 Å². The van der Waals surface area contributed by atoms with Crippen LogP contribution in [-0.2, 0) is 6.54 Å². The number of thiocarbonyl (C=S) groups is 1. The summed E-state index contributed by atoms with van der Waals surface area (Å²) in [6.07, 6.45) is 3.67. The summed E-state index contributed by atoms with van der Waals surface area (Å²) in [5, 5.41) is 12.0. The summed E-state index contributed by atoms with van der Waals surface area (Å²) >= 11 is 11.4. The molecule has 0 aliphatic carbocycles. The van der Waals surface area contributed by atoms with E-state index in [-0.39, 0.29) is 0 Å². The molecule has 0 fully saturated rings. The molecule has 1 aromatic heterocycles. The predicted molar refractivity (Wildman–Crippen MR) is 109 cm³/mol. The van der Waals surface area contributed by atoms with Crippen LogP contribution in [0.25, 0.3) is 0 Å². The van der Waals surface area contributed by atoms with Gasteiger partial charge < -0.3 is 10.6 Å². The van der Waals surface area contributed by atoms with Crippen molar-refractivity contribution < 1.29 is 0 Å². The summed E-state index contributed by atoms with van der Waals surface area (Å²) < 4.78 is 1.84. The lowest BCUT2D eigenvalue weighted by atomic mass is 10.1. The Labute approximate surface area is 157 Å². The Hall–Kier alpha value is -2.37. The second kappa shape index (κ2) is 7.68. The van der Waals surface area contributed by atoms with Gasteiger partial charge in [0.05, 0.1) is 18.4 Å². The molecule has 3 rings (SSSR count). The number of aryl methyl sites for hydroxylation is 2. The van der Waals surface area contributed by atoms with Crippen molar-refractivity contribution in [3.8, 4) is 0 Å². The first-order valence-corrected chi connectivity index (χ1v) is 8.70. The molecule has 3 aromatic rings. The zero-order chi connectivity index (χ0) is 17.8. The fraction of sp³-hybridized carbons (Fsp3) is 0.158. The fourth-order valence-corrected chi connectivity index (χ4v) is 2.93. The highest BCUT2D eigenvalue weighted by Gasteiger charge is 2.05. The van der Waals surface area contributed by atoms with Crippen LogP contribution in [0.5, 0.6) is 0 Å². The van der Waals surface area contributed by atoms with Gasteiger partial charge in [0.2, 0.25) is 0 Å². The zero-order valence-electron chi connectivity index (χ0n) is 14.1. The Morgan fingerprint density at radius 2 is 2.00 bits per heavy atom. The van der Waals surface area contributed by atoms with E-state index in [1.165, 1.54) is 5.56 Å². The summed E-state index contributed by atoms with van der Waals surface area (Å²) in [4.78, 5) is 0. The van der Waals surface area contributed by atoms with Gasteiger partial charge in [0.1, 0.15) is 0 Å². The number of anilines is 2. The number of benzene rings is 2. The zero-order valence-corrected chi connectivity index (χ0v) is 15.7. The van der Waals surface area contributed by atoms with Gasteiger partial charge in [-0.25, -0.2) is 0 Å². The highest BCUT2D eigenvalue weighted by molar-refractivity contribution is 7.80. The number of nitrogens with one attached hydrogen (secondary N) is 2. The molecule has 25 heavy (non-hydrogen) atoms. The van der Waals surface area contributed by atoms with E-state index < -0.39 is 0 Å². The Bertz CT molecular complexity index is 904. The van der Waals surface area contributed by atoms with Crippen LogP contribution in [0.2, 0.25) is 5.02 Å². The third kappa shape index (κ3) is 4.81. The minimum Gasteiger partial charge on any atom is -0.332 e. The molecule has 0 saturated carbocycles. The highest BCUT2D eigenvalue weighted by Crippen LogP contribution is 2.17. The lowest BCUT2D eigenvalue weighted by Gasteiger charge is -2.12. The van der Waals surface area contributed by atoms with Crippen LogP contribution >= 0.6 is 23.8 Å². The molecule has 0 aliphatic heterocycles. The van der Waals surface area contributed by atoms with Crippen molar-refractivity contribution in [3.63, 3.8) is 0 Å². The monoisotopic (exact) mass is 370 g/mol. The van der Waals surface area contributed by atoms with E-state index in [4.69, 9.17) is 23.8 Å². The predicted octanol–water partition coefficient (Wildman–Crippen LogP) is 5.01. The lowest BCUT2D eigenvalue weighted by molar-refractivity contribution is 0.687. The van der Waals surface area contributed by atoms with E-state index in [2.05, 4.69) is 40.9 Å². The van der Waals surface area contributed by atoms with Crippen molar-refractivity contribution in [1.29, 1.82) is 0 Å².